The van der Waals surface area contributed by atoms with Crippen molar-refractivity contribution >= 4 is 13.3 Å². The van der Waals surface area contributed by atoms with Crippen LogP contribution in [-0.4, -0.2) is 19.9 Å². The molecule has 50 valence electrons. The van der Waals surface area contributed by atoms with Gasteiger partial charge in [-0.3, -0.25) is 0 Å². The molecule has 0 unspecified atom stereocenters. The van der Waals surface area contributed by atoms with Crippen LogP contribution in [0.25, 0.3) is 0 Å². The predicted molar refractivity (Wildman–Crippen MR) is 40.9 cm³/mol. The summed E-state index contributed by atoms with van der Waals surface area (Å²) in [4.78, 5) is 3.91. The summed E-state index contributed by atoms with van der Waals surface area (Å²) in [5.74, 6) is 0.603. The van der Waals surface area contributed by atoms with E-state index in [1.807, 2.05) is 6.92 Å². The van der Waals surface area contributed by atoms with Crippen molar-refractivity contribution in [3.63, 3.8) is 0 Å². The molecule has 0 N–H and O–H groups in total. The monoisotopic (exact) mass is 133 g/mol. The first kappa shape index (κ1) is 7.13. The Morgan fingerprint density at radius 3 is 2.80 bits per heavy atom. The molecule has 0 amide bonds. The summed E-state index contributed by atoms with van der Waals surface area (Å²) < 4.78 is 4.88. The highest BCUT2D eigenvalue weighted by atomic mass is 16.5. The topological polar surface area (TPSA) is 22.1 Å². The van der Waals surface area contributed by atoms with Crippen LogP contribution >= 0.6 is 0 Å². The lowest BCUT2D eigenvalue weighted by Crippen LogP contribution is -2.08. The number of hydrogen-bond donors (Lipinski definition) is 0. The van der Waals surface area contributed by atoms with Crippen LogP contribution in [0.5, 0.6) is 5.88 Å². The Morgan fingerprint density at radius 1 is 1.60 bits per heavy atom. The maximum absolute atomic E-state index is 5.53. The first-order chi connectivity index (χ1) is 4.74. The van der Waals surface area contributed by atoms with Crippen LogP contribution in [0.3, 0.4) is 0 Å². The van der Waals surface area contributed by atoms with Gasteiger partial charge in [-0.15, -0.1) is 0 Å². The Bertz CT molecular complexity index is 237. The van der Waals surface area contributed by atoms with E-state index >= 15 is 0 Å². The lowest BCUT2D eigenvalue weighted by atomic mass is 9.94. The molecule has 0 aromatic carbocycles. The van der Waals surface area contributed by atoms with E-state index in [2.05, 4.69) is 4.98 Å². The molecule has 1 rings (SSSR count). The van der Waals surface area contributed by atoms with Crippen LogP contribution in [0.15, 0.2) is 12.3 Å². The predicted octanol–water partition coefficient (Wildman–Crippen LogP) is 0.192. The Morgan fingerprint density at radius 2 is 2.30 bits per heavy atom. The Labute approximate surface area is 61.6 Å². The van der Waals surface area contributed by atoms with Gasteiger partial charge in [0.1, 0.15) is 7.85 Å². The molecule has 1 aromatic rings. The molecule has 0 fully saturated rings. The molecule has 2 radical (unpaired) electrons. The standard InChI is InChI=1S/C7H8BNO/c1-5-3-7(10-2)9-4-6(5)8/h3-4H,1-2H3. The quantitative estimate of drug-likeness (QED) is 0.510. The van der Waals surface area contributed by atoms with Crippen molar-refractivity contribution in [3.8, 4) is 5.88 Å². The van der Waals surface area contributed by atoms with Gasteiger partial charge in [0, 0.05) is 12.3 Å². The van der Waals surface area contributed by atoms with Crippen molar-refractivity contribution in [3.05, 3.63) is 17.8 Å². The average Bonchev–Trinajstić information content (AvgIpc) is 1.95. The van der Waals surface area contributed by atoms with Gasteiger partial charge in [-0.1, -0.05) is 11.0 Å². The molecule has 0 aliphatic rings. The Hall–Kier alpha value is -0.985. The number of rotatable bonds is 1. The Balaban J connectivity index is 3.04. The molecule has 10 heavy (non-hydrogen) atoms. The van der Waals surface area contributed by atoms with Crippen molar-refractivity contribution in [2.45, 2.75) is 6.92 Å². The number of nitrogens with zero attached hydrogens (tertiary/aromatic N) is 1. The number of methoxy groups -OCH3 is 1. The molecule has 3 heteroatoms. The van der Waals surface area contributed by atoms with E-state index in [9.17, 15) is 0 Å². The van der Waals surface area contributed by atoms with Crippen LogP contribution in [0.2, 0.25) is 0 Å². The van der Waals surface area contributed by atoms with Crippen LogP contribution in [0.1, 0.15) is 5.56 Å². The SMILES string of the molecule is [B]c1cnc(OC)cc1C. The molecule has 0 spiro atoms. The van der Waals surface area contributed by atoms with Gasteiger partial charge >= 0.3 is 0 Å². The minimum Gasteiger partial charge on any atom is -0.481 e. The highest BCUT2D eigenvalue weighted by molar-refractivity contribution is 6.33. The van der Waals surface area contributed by atoms with Crippen molar-refractivity contribution < 1.29 is 4.74 Å². The summed E-state index contributed by atoms with van der Waals surface area (Å²) >= 11 is 0. The summed E-state index contributed by atoms with van der Waals surface area (Å²) in [6.45, 7) is 1.92. The lowest BCUT2D eigenvalue weighted by molar-refractivity contribution is 0.398. The van der Waals surface area contributed by atoms with Crippen molar-refractivity contribution in [1.29, 1.82) is 0 Å². The van der Waals surface area contributed by atoms with E-state index in [-0.39, 0.29) is 0 Å². The molecule has 0 saturated heterocycles. The molecule has 0 saturated carbocycles. The summed E-state index contributed by atoms with van der Waals surface area (Å²) in [7, 11) is 7.11. The van der Waals surface area contributed by atoms with E-state index in [0.717, 1.165) is 5.56 Å². The first-order valence-corrected chi connectivity index (χ1v) is 3.00. The minimum absolute atomic E-state index is 0.603. The molecule has 1 aromatic heterocycles. The average molecular weight is 133 g/mol. The number of aromatic nitrogens is 1. The zero-order valence-electron chi connectivity index (χ0n) is 6.09. The van der Waals surface area contributed by atoms with Crippen molar-refractivity contribution in [2.75, 3.05) is 7.11 Å². The van der Waals surface area contributed by atoms with Crippen molar-refractivity contribution in [1.82, 2.24) is 4.98 Å². The smallest absolute Gasteiger partial charge is 0.213 e. The summed E-state index contributed by atoms with van der Waals surface area (Å²) in [6.07, 6.45) is 1.59. The van der Waals surface area contributed by atoms with Crippen LogP contribution < -0.4 is 10.2 Å². The van der Waals surface area contributed by atoms with E-state index in [1.165, 1.54) is 0 Å². The van der Waals surface area contributed by atoms with Crippen LogP contribution in [0, 0.1) is 6.92 Å². The number of pyridine rings is 1. The van der Waals surface area contributed by atoms with Gasteiger partial charge in [0.15, 0.2) is 0 Å². The molecule has 0 bridgehead atoms. The second-order valence-electron chi connectivity index (χ2n) is 2.08. The molecule has 2 nitrogen and oxygen atoms in total. The van der Waals surface area contributed by atoms with E-state index in [1.54, 1.807) is 19.4 Å². The third-order valence-corrected chi connectivity index (χ3v) is 1.34. The molecular weight excluding hydrogens is 125 g/mol. The van der Waals surface area contributed by atoms with Gasteiger partial charge in [0.25, 0.3) is 0 Å². The second-order valence-corrected chi connectivity index (χ2v) is 2.08. The zero-order chi connectivity index (χ0) is 7.56. The molecule has 0 aliphatic heterocycles. The fourth-order valence-corrected chi connectivity index (χ4v) is 0.652. The number of ether oxygens (including phenoxy) is 1. The first-order valence-electron chi connectivity index (χ1n) is 3.00. The summed E-state index contributed by atoms with van der Waals surface area (Å²) in [5.41, 5.74) is 1.69. The molecular formula is C7H8BNO. The third-order valence-electron chi connectivity index (χ3n) is 1.34. The lowest BCUT2D eigenvalue weighted by Gasteiger charge is -2.01. The molecule has 1 heterocycles. The van der Waals surface area contributed by atoms with Gasteiger partial charge in [-0.2, -0.15) is 0 Å². The van der Waals surface area contributed by atoms with E-state index in [4.69, 9.17) is 12.6 Å². The minimum atomic E-state index is 0.603. The highest BCUT2D eigenvalue weighted by Gasteiger charge is 1.94. The number of aryl methyl sites for hydroxylation is 1. The van der Waals surface area contributed by atoms with Gasteiger partial charge in [0.2, 0.25) is 5.88 Å². The molecule has 0 atom stereocenters. The maximum atomic E-state index is 5.53. The van der Waals surface area contributed by atoms with Gasteiger partial charge < -0.3 is 4.74 Å². The highest BCUT2D eigenvalue weighted by Crippen LogP contribution is 2.03. The second kappa shape index (κ2) is 2.73. The summed E-state index contributed by atoms with van der Waals surface area (Å²) in [6, 6.07) is 1.80. The van der Waals surface area contributed by atoms with Gasteiger partial charge in [0.05, 0.1) is 7.11 Å². The van der Waals surface area contributed by atoms with Gasteiger partial charge in [-0.25, -0.2) is 4.98 Å². The Kier molecular flexibility index (Phi) is 1.95. The van der Waals surface area contributed by atoms with Crippen LogP contribution in [0.4, 0.5) is 0 Å². The van der Waals surface area contributed by atoms with Crippen LogP contribution in [-0.2, 0) is 0 Å². The zero-order valence-corrected chi connectivity index (χ0v) is 6.09. The largest absolute Gasteiger partial charge is 0.481 e. The fraction of sp³-hybridized carbons (Fsp3) is 0.286. The number of hydrogen-bond acceptors (Lipinski definition) is 2. The normalized spacial score (nSPS) is 9.40. The van der Waals surface area contributed by atoms with E-state index < -0.39 is 0 Å². The third kappa shape index (κ3) is 1.29. The summed E-state index contributed by atoms with van der Waals surface area (Å²) in [5, 5.41) is 0. The maximum Gasteiger partial charge on any atom is 0.213 e. The molecule has 0 aliphatic carbocycles. The van der Waals surface area contributed by atoms with E-state index in [0.29, 0.717) is 11.3 Å². The van der Waals surface area contributed by atoms with Gasteiger partial charge in [-0.05, 0) is 6.92 Å². The van der Waals surface area contributed by atoms with Crippen molar-refractivity contribution in [2.24, 2.45) is 0 Å². The fourth-order valence-electron chi connectivity index (χ4n) is 0.652.